The fourth-order valence-electron chi connectivity index (χ4n) is 2.36. The molecule has 1 amide bonds. The summed E-state index contributed by atoms with van der Waals surface area (Å²) in [7, 11) is 0. The van der Waals surface area contributed by atoms with Crippen LogP contribution in [0.3, 0.4) is 0 Å². The minimum absolute atomic E-state index is 0.0365. The summed E-state index contributed by atoms with van der Waals surface area (Å²) in [6.45, 7) is -1.68. The number of furan rings is 1. The molecule has 0 aliphatic heterocycles. The van der Waals surface area contributed by atoms with Crippen LogP contribution in [-0.2, 0) is 9.53 Å². The van der Waals surface area contributed by atoms with Crippen molar-refractivity contribution in [2.24, 2.45) is 0 Å². The maximum Gasteiger partial charge on any atom is 0.387 e. The van der Waals surface area contributed by atoms with Gasteiger partial charge in [-0.15, -0.1) is 0 Å². The molecule has 0 aliphatic rings. The lowest BCUT2D eigenvalue weighted by Gasteiger charge is -2.15. The van der Waals surface area contributed by atoms with Gasteiger partial charge in [-0.2, -0.15) is 8.78 Å². The van der Waals surface area contributed by atoms with Crippen LogP contribution in [-0.4, -0.2) is 24.6 Å². The van der Waals surface area contributed by atoms with Crippen LogP contribution in [0.15, 0.2) is 59.0 Å². The zero-order valence-electron chi connectivity index (χ0n) is 14.1. The number of nitrogens with one attached hydrogen (secondary N) is 1. The quantitative estimate of drug-likeness (QED) is 0.653. The van der Waals surface area contributed by atoms with Crippen LogP contribution in [0.4, 0.5) is 14.5 Å². The van der Waals surface area contributed by atoms with Crippen LogP contribution in [0.5, 0.6) is 5.75 Å². The van der Waals surface area contributed by atoms with Gasteiger partial charge >= 0.3 is 12.6 Å². The van der Waals surface area contributed by atoms with Crippen molar-refractivity contribution in [3.63, 3.8) is 0 Å². The number of ether oxygens (including phenoxy) is 2. The Balaban J connectivity index is 1.66. The molecule has 3 aromatic rings. The van der Waals surface area contributed by atoms with Crippen molar-refractivity contribution in [3.05, 3.63) is 60.4 Å². The predicted octanol–water partition coefficient (Wildman–Crippen LogP) is 4.22. The summed E-state index contributed by atoms with van der Waals surface area (Å²) in [5.74, 6) is -1.76. The Hall–Kier alpha value is -3.42. The maximum absolute atomic E-state index is 12.4. The molecule has 8 heteroatoms. The molecule has 1 atom stereocenters. The Labute approximate surface area is 152 Å². The number of anilines is 1. The van der Waals surface area contributed by atoms with E-state index >= 15 is 0 Å². The van der Waals surface area contributed by atoms with Gasteiger partial charge in [0.15, 0.2) is 6.10 Å². The summed E-state index contributed by atoms with van der Waals surface area (Å²) in [6.07, 6.45) is -1.19. The normalized spacial score (nSPS) is 12.0. The van der Waals surface area contributed by atoms with Gasteiger partial charge in [0, 0.05) is 5.39 Å². The second kappa shape index (κ2) is 7.86. The van der Waals surface area contributed by atoms with Crippen molar-refractivity contribution in [2.75, 3.05) is 5.32 Å². The summed E-state index contributed by atoms with van der Waals surface area (Å²) in [4.78, 5) is 24.4. The molecule has 2 aromatic carbocycles. The zero-order chi connectivity index (χ0) is 19.4. The number of rotatable bonds is 6. The van der Waals surface area contributed by atoms with Crippen molar-refractivity contribution in [1.82, 2.24) is 0 Å². The van der Waals surface area contributed by atoms with Gasteiger partial charge < -0.3 is 19.2 Å². The Kier molecular flexibility index (Phi) is 5.35. The predicted molar refractivity (Wildman–Crippen MR) is 92.8 cm³/mol. The SMILES string of the molecule is C[C@H](OC(=O)c1cc2ccccc2o1)C(=O)Nc1ccccc1OC(F)F. The molecule has 0 bridgehead atoms. The van der Waals surface area contributed by atoms with Gasteiger partial charge in [0.25, 0.3) is 5.91 Å². The lowest BCUT2D eigenvalue weighted by Crippen LogP contribution is -2.30. The number of halogens is 2. The van der Waals surface area contributed by atoms with Crippen LogP contribution < -0.4 is 10.1 Å². The summed E-state index contributed by atoms with van der Waals surface area (Å²) in [6, 6.07) is 14.2. The average Bonchev–Trinajstić information content (AvgIpc) is 3.07. The molecule has 1 heterocycles. The molecular weight excluding hydrogens is 360 g/mol. The third kappa shape index (κ3) is 4.41. The highest BCUT2D eigenvalue weighted by molar-refractivity contribution is 5.98. The molecule has 140 valence electrons. The van der Waals surface area contributed by atoms with Gasteiger partial charge in [0.2, 0.25) is 5.76 Å². The van der Waals surface area contributed by atoms with Crippen molar-refractivity contribution >= 4 is 28.5 Å². The van der Waals surface area contributed by atoms with Crippen LogP contribution in [0.1, 0.15) is 17.5 Å². The summed E-state index contributed by atoms with van der Waals surface area (Å²) < 4.78 is 39.7. The number of carbonyl (C=O) groups is 2. The van der Waals surface area contributed by atoms with E-state index in [0.29, 0.717) is 5.58 Å². The number of hydrogen-bond acceptors (Lipinski definition) is 5. The molecule has 0 spiro atoms. The second-order valence-electron chi connectivity index (χ2n) is 5.56. The minimum Gasteiger partial charge on any atom is -0.449 e. The first-order valence-electron chi connectivity index (χ1n) is 7.98. The van der Waals surface area contributed by atoms with Crippen LogP contribution >= 0.6 is 0 Å². The number of esters is 1. The number of amides is 1. The van der Waals surface area contributed by atoms with Crippen molar-refractivity contribution in [3.8, 4) is 5.75 Å². The first kappa shape index (κ1) is 18.4. The molecule has 0 fully saturated rings. The van der Waals surface area contributed by atoms with Gasteiger partial charge in [-0.05, 0) is 31.2 Å². The van der Waals surface area contributed by atoms with Crippen molar-refractivity contribution < 1.29 is 32.3 Å². The Bertz CT molecular complexity index is 936. The molecule has 0 saturated carbocycles. The summed E-state index contributed by atoms with van der Waals surface area (Å²) in [5.41, 5.74) is 0.550. The van der Waals surface area contributed by atoms with Crippen molar-refractivity contribution in [2.45, 2.75) is 19.6 Å². The standard InChI is InChI=1S/C19H15F2NO5/c1-11(17(23)22-13-7-3-5-9-15(13)27-19(20)21)25-18(24)16-10-12-6-2-4-8-14(12)26-16/h2-11,19H,1H3,(H,22,23)/t11-/m0/s1. The molecule has 3 rings (SSSR count). The number of benzene rings is 2. The van der Waals surface area contributed by atoms with Gasteiger partial charge in [0.1, 0.15) is 11.3 Å². The molecule has 0 radical (unpaired) electrons. The number of fused-ring (bicyclic) bond motifs is 1. The smallest absolute Gasteiger partial charge is 0.387 e. The van der Waals surface area contributed by atoms with E-state index in [2.05, 4.69) is 10.1 Å². The van der Waals surface area contributed by atoms with E-state index in [1.165, 1.54) is 31.2 Å². The first-order valence-corrected chi connectivity index (χ1v) is 7.98. The first-order chi connectivity index (χ1) is 12.9. The van der Waals surface area contributed by atoms with E-state index in [-0.39, 0.29) is 17.2 Å². The molecule has 27 heavy (non-hydrogen) atoms. The van der Waals surface area contributed by atoms with E-state index in [1.54, 1.807) is 30.3 Å². The molecule has 1 N–H and O–H groups in total. The Morgan fingerprint density at radius 1 is 1.07 bits per heavy atom. The summed E-state index contributed by atoms with van der Waals surface area (Å²) in [5, 5.41) is 3.12. The maximum atomic E-state index is 12.4. The van der Waals surface area contributed by atoms with E-state index < -0.39 is 24.6 Å². The topological polar surface area (TPSA) is 77.8 Å². The second-order valence-corrected chi connectivity index (χ2v) is 5.56. The molecule has 0 saturated heterocycles. The molecular formula is C19H15F2NO5. The van der Waals surface area contributed by atoms with E-state index in [0.717, 1.165) is 5.39 Å². The highest BCUT2D eigenvalue weighted by atomic mass is 19.3. The van der Waals surface area contributed by atoms with Crippen molar-refractivity contribution in [1.29, 1.82) is 0 Å². The highest BCUT2D eigenvalue weighted by Gasteiger charge is 2.22. The van der Waals surface area contributed by atoms with Crippen LogP contribution in [0, 0.1) is 0 Å². The average molecular weight is 375 g/mol. The third-order valence-electron chi connectivity index (χ3n) is 3.64. The fourth-order valence-corrected chi connectivity index (χ4v) is 2.36. The zero-order valence-corrected chi connectivity index (χ0v) is 14.1. The Morgan fingerprint density at radius 3 is 2.52 bits per heavy atom. The van der Waals surface area contributed by atoms with Crippen LogP contribution in [0.2, 0.25) is 0 Å². The molecule has 6 nitrogen and oxygen atoms in total. The Morgan fingerprint density at radius 2 is 1.78 bits per heavy atom. The van der Waals surface area contributed by atoms with E-state index in [9.17, 15) is 18.4 Å². The number of para-hydroxylation sites is 3. The molecule has 0 aliphatic carbocycles. The largest absolute Gasteiger partial charge is 0.449 e. The number of carbonyl (C=O) groups excluding carboxylic acids is 2. The monoisotopic (exact) mass is 375 g/mol. The van der Waals surface area contributed by atoms with E-state index in [4.69, 9.17) is 9.15 Å². The van der Waals surface area contributed by atoms with Gasteiger partial charge in [-0.3, -0.25) is 4.79 Å². The lowest BCUT2D eigenvalue weighted by molar-refractivity contribution is -0.123. The number of alkyl halides is 2. The molecule has 0 unspecified atom stereocenters. The third-order valence-corrected chi connectivity index (χ3v) is 3.64. The van der Waals surface area contributed by atoms with Gasteiger partial charge in [-0.1, -0.05) is 30.3 Å². The summed E-state index contributed by atoms with van der Waals surface area (Å²) >= 11 is 0. The highest BCUT2D eigenvalue weighted by Crippen LogP contribution is 2.26. The molecule has 1 aromatic heterocycles. The fraction of sp³-hybridized carbons (Fsp3) is 0.158. The number of hydrogen-bond donors (Lipinski definition) is 1. The van der Waals surface area contributed by atoms with Crippen LogP contribution in [0.25, 0.3) is 11.0 Å². The van der Waals surface area contributed by atoms with Gasteiger partial charge in [-0.25, -0.2) is 4.79 Å². The van der Waals surface area contributed by atoms with Gasteiger partial charge in [0.05, 0.1) is 5.69 Å². The van der Waals surface area contributed by atoms with E-state index in [1.807, 2.05) is 0 Å². The minimum atomic E-state index is -3.04. The lowest BCUT2D eigenvalue weighted by atomic mass is 10.2.